The Bertz CT molecular complexity index is 605. The van der Waals surface area contributed by atoms with Crippen molar-refractivity contribution in [3.8, 4) is 0 Å². The molecule has 0 unspecified atom stereocenters. The zero-order valence-corrected chi connectivity index (χ0v) is 12.1. The molecule has 1 aliphatic heterocycles. The minimum atomic E-state index is 0.552. The van der Waals surface area contributed by atoms with Crippen LogP contribution in [0.2, 0.25) is 0 Å². The number of nitrogens with zero attached hydrogens (tertiary/aromatic N) is 5. The van der Waals surface area contributed by atoms with Crippen molar-refractivity contribution in [2.24, 2.45) is 7.05 Å². The van der Waals surface area contributed by atoms with E-state index in [4.69, 9.17) is 4.74 Å². The van der Waals surface area contributed by atoms with Crippen molar-refractivity contribution in [1.82, 2.24) is 20.0 Å². The Morgan fingerprint density at radius 3 is 2.85 bits per heavy atom. The van der Waals surface area contributed by atoms with Crippen LogP contribution in [0.3, 0.4) is 0 Å². The van der Waals surface area contributed by atoms with E-state index < -0.39 is 0 Å². The number of hydrogen-bond acceptors (Lipinski definition) is 5. The van der Waals surface area contributed by atoms with Crippen LogP contribution in [-0.2, 0) is 31.4 Å². The van der Waals surface area contributed by atoms with Crippen LogP contribution in [-0.4, -0.2) is 33.6 Å². The van der Waals surface area contributed by atoms with Gasteiger partial charge in [0.1, 0.15) is 0 Å². The van der Waals surface area contributed by atoms with Crippen LogP contribution in [0.4, 0.5) is 5.82 Å². The highest BCUT2D eigenvalue weighted by Gasteiger charge is 2.24. The van der Waals surface area contributed by atoms with Gasteiger partial charge in [0.15, 0.2) is 5.82 Å². The molecule has 0 atom stereocenters. The van der Waals surface area contributed by atoms with Crippen molar-refractivity contribution in [3.05, 3.63) is 34.8 Å². The van der Waals surface area contributed by atoms with Crippen molar-refractivity contribution in [1.29, 1.82) is 0 Å². The highest BCUT2D eigenvalue weighted by Crippen LogP contribution is 2.25. The van der Waals surface area contributed by atoms with Crippen LogP contribution in [0.25, 0.3) is 0 Å². The van der Waals surface area contributed by atoms with Crippen LogP contribution in [0.5, 0.6) is 0 Å². The predicted octanol–water partition coefficient (Wildman–Crippen LogP) is 1.23. The van der Waals surface area contributed by atoms with E-state index in [9.17, 15) is 0 Å². The zero-order chi connectivity index (χ0) is 14.1. The lowest BCUT2D eigenvalue weighted by atomic mass is 10.1. The van der Waals surface area contributed by atoms with Gasteiger partial charge >= 0.3 is 0 Å². The molecular weight excluding hydrogens is 254 g/mol. The van der Waals surface area contributed by atoms with E-state index in [-0.39, 0.29) is 0 Å². The van der Waals surface area contributed by atoms with Crippen LogP contribution >= 0.6 is 0 Å². The molecule has 6 heteroatoms. The number of anilines is 1. The Hall–Kier alpha value is -1.95. The minimum Gasteiger partial charge on any atom is -0.378 e. The third-order valence-electron chi connectivity index (χ3n) is 3.71. The summed E-state index contributed by atoms with van der Waals surface area (Å²) in [6, 6.07) is 4.02. The number of fused-ring (bicyclic) bond motifs is 1. The maximum absolute atomic E-state index is 5.24. The topological polar surface area (TPSA) is 56.1 Å². The van der Waals surface area contributed by atoms with Crippen molar-refractivity contribution < 1.29 is 4.74 Å². The quantitative estimate of drug-likeness (QED) is 0.842. The summed E-state index contributed by atoms with van der Waals surface area (Å²) in [4.78, 5) is 2.25. The summed E-state index contributed by atoms with van der Waals surface area (Å²) in [5.74, 6) is 0.925. The molecule has 1 aliphatic rings. The SMILES string of the molecule is COCc1nn(C)c2c1CN(c1ccc(C)nn1)CC2. The van der Waals surface area contributed by atoms with Gasteiger partial charge in [0.05, 0.1) is 18.0 Å². The molecule has 0 bridgehead atoms. The van der Waals surface area contributed by atoms with Gasteiger partial charge in [-0.1, -0.05) is 0 Å². The van der Waals surface area contributed by atoms with Gasteiger partial charge in [-0.3, -0.25) is 4.68 Å². The number of hydrogen-bond donors (Lipinski definition) is 0. The van der Waals surface area contributed by atoms with Gasteiger partial charge in [-0.15, -0.1) is 5.10 Å². The number of methoxy groups -OCH3 is 1. The highest BCUT2D eigenvalue weighted by atomic mass is 16.5. The van der Waals surface area contributed by atoms with Crippen LogP contribution in [0, 0.1) is 6.92 Å². The van der Waals surface area contributed by atoms with Crippen LogP contribution in [0.15, 0.2) is 12.1 Å². The third kappa shape index (κ3) is 2.27. The number of aromatic nitrogens is 4. The van der Waals surface area contributed by atoms with Gasteiger partial charge in [0, 0.05) is 44.9 Å². The van der Waals surface area contributed by atoms with E-state index in [1.807, 2.05) is 30.8 Å². The van der Waals surface area contributed by atoms with Crippen LogP contribution in [0.1, 0.15) is 22.6 Å². The molecule has 0 N–H and O–H groups in total. The molecule has 0 amide bonds. The second kappa shape index (κ2) is 5.20. The molecule has 20 heavy (non-hydrogen) atoms. The molecule has 0 spiro atoms. The fourth-order valence-electron chi connectivity index (χ4n) is 2.68. The van der Waals surface area contributed by atoms with Crippen molar-refractivity contribution in [2.75, 3.05) is 18.6 Å². The van der Waals surface area contributed by atoms with Gasteiger partial charge in [0.2, 0.25) is 0 Å². The van der Waals surface area contributed by atoms with Gasteiger partial charge < -0.3 is 9.64 Å². The van der Waals surface area contributed by atoms with E-state index in [0.29, 0.717) is 6.61 Å². The van der Waals surface area contributed by atoms with Gasteiger partial charge in [-0.05, 0) is 19.1 Å². The second-order valence-electron chi connectivity index (χ2n) is 5.13. The van der Waals surface area contributed by atoms with Crippen LogP contribution < -0.4 is 4.90 Å². The lowest BCUT2D eigenvalue weighted by Crippen LogP contribution is -2.32. The van der Waals surface area contributed by atoms with Gasteiger partial charge in [-0.25, -0.2) is 0 Å². The minimum absolute atomic E-state index is 0.552. The molecule has 0 radical (unpaired) electrons. The average molecular weight is 273 g/mol. The molecule has 6 nitrogen and oxygen atoms in total. The lowest BCUT2D eigenvalue weighted by molar-refractivity contribution is 0.180. The average Bonchev–Trinajstić information content (AvgIpc) is 2.76. The molecule has 2 aromatic rings. The number of ether oxygens (including phenoxy) is 1. The molecule has 0 aromatic carbocycles. The van der Waals surface area contributed by atoms with Crippen molar-refractivity contribution in [3.63, 3.8) is 0 Å². The van der Waals surface area contributed by atoms with E-state index in [0.717, 1.165) is 36.7 Å². The largest absolute Gasteiger partial charge is 0.378 e. The monoisotopic (exact) mass is 273 g/mol. The smallest absolute Gasteiger partial charge is 0.151 e. The van der Waals surface area contributed by atoms with Gasteiger partial charge in [0.25, 0.3) is 0 Å². The Balaban J connectivity index is 1.89. The molecule has 0 saturated heterocycles. The fourth-order valence-corrected chi connectivity index (χ4v) is 2.68. The Morgan fingerprint density at radius 2 is 2.15 bits per heavy atom. The van der Waals surface area contributed by atoms with Gasteiger partial charge in [-0.2, -0.15) is 10.2 Å². The maximum atomic E-state index is 5.24. The molecular formula is C14H19N5O. The van der Waals surface area contributed by atoms with E-state index >= 15 is 0 Å². The number of aryl methyl sites for hydroxylation is 2. The lowest BCUT2D eigenvalue weighted by Gasteiger charge is -2.28. The third-order valence-corrected chi connectivity index (χ3v) is 3.71. The molecule has 0 fully saturated rings. The summed E-state index contributed by atoms with van der Waals surface area (Å²) in [7, 11) is 3.70. The molecule has 3 heterocycles. The summed E-state index contributed by atoms with van der Waals surface area (Å²) in [6.07, 6.45) is 0.970. The van der Waals surface area contributed by atoms with Crippen molar-refractivity contribution in [2.45, 2.75) is 26.5 Å². The van der Waals surface area contributed by atoms with E-state index in [1.54, 1.807) is 7.11 Å². The highest BCUT2D eigenvalue weighted by molar-refractivity contribution is 5.43. The number of rotatable bonds is 3. The summed E-state index contributed by atoms with van der Waals surface area (Å²) in [5, 5.41) is 13.0. The predicted molar refractivity (Wildman–Crippen MR) is 75.4 cm³/mol. The first-order valence-electron chi connectivity index (χ1n) is 6.77. The second-order valence-corrected chi connectivity index (χ2v) is 5.13. The fraction of sp³-hybridized carbons (Fsp3) is 0.500. The Morgan fingerprint density at radius 1 is 1.30 bits per heavy atom. The molecule has 3 rings (SSSR count). The normalized spacial score (nSPS) is 14.4. The Kier molecular flexibility index (Phi) is 3.40. The first-order valence-corrected chi connectivity index (χ1v) is 6.77. The first kappa shape index (κ1) is 13.1. The standard InChI is InChI=1S/C14H19N5O/c1-10-4-5-14(16-15-10)19-7-6-13-11(8-19)12(9-20-3)17-18(13)2/h4-5H,6-9H2,1-3H3. The zero-order valence-electron chi connectivity index (χ0n) is 12.1. The molecule has 0 aliphatic carbocycles. The summed E-state index contributed by atoms with van der Waals surface area (Å²) < 4.78 is 7.22. The maximum Gasteiger partial charge on any atom is 0.151 e. The first-order chi connectivity index (χ1) is 9.69. The summed E-state index contributed by atoms with van der Waals surface area (Å²) in [6.45, 7) is 4.26. The van der Waals surface area contributed by atoms with Crippen molar-refractivity contribution >= 4 is 5.82 Å². The summed E-state index contributed by atoms with van der Waals surface area (Å²) >= 11 is 0. The van der Waals surface area contributed by atoms with E-state index in [1.165, 1.54) is 11.3 Å². The molecule has 0 saturated carbocycles. The summed E-state index contributed by atoms with van der Waals surface area (Å²) in [5.41, 5.74) is 4.53. The molecule has 2 aromatic heterocycles. The van der Waals surface area contributed by atoms with E-state index in [2.05, 4.69) is 20.2 Å². The molecule has 106 valence electrons. The Labute approximate surface area is 118 Å².